The van der Waals surface area contributed by atoms with Gasteiger partial charge in [0.15, 0.2) is 11.5 Å². The van der Waals surface area contributed by atoms with E-state index in [-0.39, 0.29) is 11.7 Å². The lowest BCUT2D eigenvalue weighted by Gasteiger charge is -2.10. The fraction of sp³-hybridized carbons (Fsp3) is 0.0455. The van der Waals surface area contributed by atoms with Gasteiger partial charge < -0.3 is 9.47 Å². The van der Waals surface area contributed by atoms with Crippen LogP contribution in [0.3, 0.4) is 0 Å². The summed E-state index contributed by atoms with van der Waals surface area (Å²) in [5.41, 5.74) is 4.05. The lowest BCUT2D eigenvalue weighted by molar-refractivity contribution is 0.0729. The molecule has 0 aliphatic heterocycles. The Hall–Kier alpha value is -3.45. The summed E-state index contributed by atoms with van der Waals surface area (Å²) in [7, 11) is 1.48. The Morgan fingerprint density at radius 3 is 2.41 bits per heavy atom. The van der Waals surface area contributed by atoms with E-state index < -0.39 is 5.97 Å². The molecule has 29 heavy (non-hydrogen) atoms. The second-order valence-electron chi connectivity index (χ2n) is 5.84. The van der Waals surface area contributed by atoms with Crippen LogP contribution in [0, 0.1) is 0 Å². The Morgan fingerprint density at radius 1 is 0.966 bits per heavy atom. The summed E-state index contributed by atoms with van der Waals surface area (Å²) in [6.07, 6.45) is 1.47. The highest BCUT2D eigenvalue weighted by Gasteiger charge is 2.12. The van der Waals surface area contributed by atoms with Gasteiger partial charge >= 0.3 is 5.97 Å². The number of ether oxygens (including phenoxy) is 2. The maximum absolute atomic E-state index is 12.2. The minimum absolute atomic E-state index is 0.288. The number of nitrogens with zero attached hydrogens (tertiary/aromatic N) is 1. The summed E-state index contributed by atoms with van der Waals surface area (Å²) in [5, 5.41) is 3.96. The summed E-state index contributed by atoms with van der Waals surface area (Å²) in [4.78, 5) is 24.4. The van der Waals surface area contributed by atoms with E-state index in [4.69, 9.17) is 9.47 Å². The fourth-order valence-electron chi connectivity index (χ4n) is 2.45. The Bertz CT molecular complexity index is 1050. The smallest absolute Gasteiger partial charge is 0.343 e. The van der Waals surface area contributed by atoms with E-state index in [0.29, 0.717) is 26.9 Å². The molecule has 0 spiro atoms. The van der Waals surface area contributed by atoms with Gasteiger partial charge in [0, 0.05) is 4.47 Å². The average molecular weight is 453 g/mol. The summed E-state index contributed by atoms with van der Waals surface area (Å²) in [5.74, 6) is -0.161. The quantitative estimate of drug-likeness (QED) is 0.259. The van der Waals surface area contributed by atoms with Gasteiger partial charge in [0.1, 0.15) is 0 Å². The zero-order chi connectivity index (χ0) is 20.6. The molecule has 0 aliphatic carbocycles. The van der Waals surface area contributed by atoms with Crippen molar-refractivity contribution >= 4 is 34.0 Å². The molecule has 0 saturated heterocycles. The van der Waals surface area contributed by atoms with Crippen LogP contribution in [0.5, 0.6) is 11.5 Å². The largest absolute Gasteiger partial charge is 0.493 e. The first kappa shape index (κ1) is 20.3. The van der Waals surface area contributed by atoms with Crippen molar-refractivity contribution in [2.45, 2.75) is 0 Å². The molecule has 3 rings (SSSR count). The Kier molecular flexibility index (Phi) is 6.76. The number of carbonyl (C=O) groups excluding carboxylic acids is 2. The van der Waals surface area contributed by atoms with Crippen LogP contribution in [0.25, 0.3) is 0 Å². The SMILES string of the molecule is COc1cc(/C=N\NC(=O)c2ccccc2Br)ccc1OC(=O)c1ccccc1. The normalized spacial score (nSPS) is 10.6. The molecule has 0 aromatic heterocycles. The number of esters is 1. The molecule has 0 atom stereocenters. The number of hydrazone groups is 1. The zero-order valence-corrected chi connectivity index (χ0v) is 17.0. The highest BCUT2D eigenvalue weighted by atomic mass is 79.9. The predicted octanol–water partition coefficient (Wildman–Crippen LogP) is 4.44. The molecule has 7 heteroatoms. The summed E-state index contributed by atoms with van der Waals surface area (Å²) in [6, 6.07) is 20.7. The summed E-state index contributed by atoms with van der Waals surface area (Å²) in [6.45, 7) is 0. The number of hydrogen-bond acceptors (Lipinski definition) is 5. The van der Waals surface area contributed by atoms with E-state index in [2.05, 4.69) is 26.5 Å². The molecule has 0 saturated carbocycles. The van der Waals surface area contributed by atoms with E-state index in [9.17, 15) is 9.59 Å². The Balaban J connectivity index is 1.68. The first-order chi connectivity index (χ1) is 14.1. The van der Waals surface area contributed by atoms with Crippen LogP contribution in [0.2, 0.25) is 0 Å². The van der Waals surface area contributed by atoms with Crippen LogP contribution in [-0.4, -0.2) is 25.2 Å². The molecule has 0 heterocycles. The van der Waals surface area contributed by atoms with Crippen molar-refractivity contribution in [1.29, 1.82) is 0 Å². The van der Waals surface area contributed by atoms with Gasteiger partial charge in [-0.3, -0.25) is 4.79 Å². The first-order valence-corrected chi connectivity index (χ1v) is 9.41. The number of carbonyl (C=O) groups is 2. The number of halogens is 1. The van der Waals surface area contributed by atoms with E-state index in [1.165, 1.54) is 13.3 Å². The van der Waals surface area contributed by atoms with Crippen molar-refractivity contribution in [1.82, 2.24) is 5.43 Å². The number of rotatable bonds is 6. The Morgan fingerprint density at radius 2 is 1.69 bits per heavy atom. The molecular weight excluding hydrogens is 436 g/mol. The molecule has 146 valence electrons. The maximum atomic E-state index is 12.2. The van der Waals surface area contributed by atoms with Gasteiger partial charge in [0.2, 0.25) is 0 Å². The van der Waals surface area contributed by atoms with E-state index in [1.807, 2.05) is 12.1 Å². The molecule has 0 fully saturated rings. The fourth-order valence-corrected chi connectivity index (χ4v) is 2.92. The number of nitrogens with one attached hydrogen (secondary N) is 1. The van der Waals surface area contributed by atoms with E-state index in [1.54, 1.807) is 60.7 Å². The van der Waals surface area contributed by atoms with Crippen LogP contribution in [-0.2, 0) is 0 Å². The molecule has 1 amide bonds. The molecule has 3 aromatic carbocycles. The standard InChI is InChI=1S/C22H17BrN2O4/c1-28-20-13-15(14-24-25-21(26)17-9-5-6-10-18(17)23)11-12-19(20)29-22(27)16-7-3-2-4-8-16/h2-14H,1H3,(H,25,26)/b24-14-. The van der Waals surface area contributed by atoms with Gasteiger partial charge in [-0.15, -0.1) is 0 Å². The lowest BCUT2D eigenvalue weighted by atomic mass is 10.2. The highest BCUT2D eigenvalue weighted by molar-refractivity contribution is 9.10. The predicted molar refractivity (Wildman–Crippen MR) is 114 cm³/mol. The molecule has 3 aromatic rings. The third kappa shape index (κ3) is 5.30. The maximum Gasteiger partial charge on any atom is 0.343 e. The van der Waals surface area contributed by atoms with Gasteiger partial charge in [0.05, 0.1) is 24.5 Å². The van der Waals surface area contributed by atoms with Crippen molar-refractivity contribution in [3.8, 4) is 11.5 Å². The van der Waals surface area contributed by atoms with Crippen molar-refractivity contribution < 1.29 is 19.1 Å². The Labute approximate surface area is 176 Å². The van der Waals surface area contributed by atoms with Gasteiger partial charge in [0.25, 0.3) is 5.91 Å². The van der Waals surface area contributed by atoms with Crippen LogP contribution in [0.15, 0.2) is 82.4 Å². The summed E-state index contributed by atoms with van der Waals surface area (Å²) >= 11 is 3.33. The molecule has 0 aliphatic rings. The van der Waals surface area contributed by atoms with E-state index >= 15 is 0 Å². The number of benzene rings is 3. The first-order valence-electron chi connectivity index (χ1n) is 8.61. The van der Waals surface area contributed by atoms with E-state index in [0.717, 1.165) is 0 Å². The van der Waals surface area contributed by atoms with Crippen LogP contribution >= 0.6 is 15.9 Å². The summed E-state index contributed by atoms with van der Waals surface area (Å²) < 4.78 is 11.4. The molecule has 0 radical (unpaired) electrons. The second kappa shape index (κ2) is 9.66. The third-order valence-corrected chi connectivity index (χ3v) is 4.59. The molecule has 0 unspecified atom stereocenters. The lowest BCUT2D eigenvalue weighted by Crippen LogP contribution is -2.18. The zero-order valence-electron chi connectivity index (χ0n) is 15.5. The van der Waals surface area contributed by atoms with Gasteiger partial charge in [-0.05, 0) is 64.0 Å². The number of methoxy groups -OCH3 is 1. The van der Waals surface area contributed by atoms with Gasteiger partial charge in [-0.25, -0.2) is 10.2 Å². The average Bonchev–Trinajstić information content (AvgIpc) is 2.75. The topological polar surface area (TPSA) is 77.0 Å². The van der Waals surface area contributed by atoms with Crippen LogP contribution in [0.1, 0.15) is 26.3 Å². The number of amides is 1. The second-order valence-corrected chi connectivity index (χ2v) is 6.70. The van der Waals surface area contributed by atoms with Crippen molar-refractivity contribution in [3.05, 3.63) is 94.0 Å². The highest BCUT2D eigenvalue weighted by Crippen LogP contribution is 2.28. The molecular formula is C22H17BrN2O4. The minimum atomic E-state index is -0.481. The molecule has 0 bridgehead atoms. The van der Waals surface area contributed by atoms with Crippen molar-refractivity contribution in [2.24, 2.45) is 5.10 Å². The van der Waals surface area contributed by atoms with Crippen LogP contribution in [0.4, 0.5) is 0 Å². The van der Waals surface area contributed by atoms with Gasteiger partial charge in [-0.1, -0.05) is 30.3 Å². The minimum Gasteiger partial charge on any atom is -0.493 e. The van der Waals surface area contributed by atoms with Crippen LogP contribution < -0.4 is 14.9 Å². The van der Waals surface area contributed by atoms with Crippen molar-refractivity contribution in [2.75, 3.05) is 7.11 Å². The molecule has 1 N–H and O–H groups in total. The monoisotopic (exact) mass is 452 g/mol. The molecule has 6 nitrogen and oxygen atoms in total. The van der Waals surface area contributed by atoms with Gasteiger partial charge in [-0.2, -0.15) is 5.10 Å². The number of hydrogen-bond donors (Lipinski definition) is 1. The van der Waals surface area contributed by atoms with Crippen molar-refractivity contribution in [3.63, 3.8) is 0 Å². The third-order valence-electron chi connectivity index (χ3n) is 3.90.